The molecule has 1 heterocycles. The quantitative estimate of drug-likeness (QED) is 0.608. The number of fused-ring (bicyclic) bond motifs is 1. The molecule has 0 radical (unpaired) electrons. The van der Waals surface area contributed by atoms with E-state index in [2.05, 4.69) is 4.98 Å². The molecule has 1 nitrogen and oxygen atoms in total. The predicted octanol–water partition coefficient (Wildman–Crippen LogP) is 4.52. The van der Waals surface area contributed by atoms with Crippen molar-refractivity contribution in [1.29, 1.82) is 0 Å². The van der Waals surface area contributed by atoms with Gasteiger partial charge in [0, 0.05) is 19.2 Å². The van der Waals surface area contributed by atoms with Gasteiger partial charge in [0.15, 0.2) is 0 Å². The van der Waals surface area contributed by atoms with Gasteiger partial charge in [-0.1, -0.05) is 41.5 Å². The Morgan fingerprint density at radius 3 is 2.44 bits per heavy atom. The molecular weight excluding hydrogens is 218 g/mol. The Labute approximate surface area is 116 Å². The smallest absolute Gasteiger partial charge is 0.0709 e. The summed E-state index contributed by atoms with van der Waals surface area (Å²) in [4.78, 5) is 4.52. The number of benzene rings is 2. The average Bonchev–Trinajstić information content (AvgIpc) is 2.52. The van der Waals surface area contributed by atoms with Gasteiger partial charge in [0.05, 0.1) is 11.2 Å². The molecule has 3 rings (SSSR count). The summed E-state index contributed by atoms with van der Waals surface area (Å²) < 4.78 is 45.6. The van der Waals surface area contributed by atoms with Gasteiger partial charge in [0.1, 0.15) is 0 Å². The van der Waals surface area contributed by atoms with Crippen molar-refractivity contribution in [2.75, 3.05) is 0 Å². The van der Waals surface area contributed by atoms with Crippen molar-refractivity contribution in [2.24, 2.45) is 0 Å². The van der Waals surface area contributed by atoms with E-state index < -0.39 is 13.7 Å². The maximum atomic E-state index is 7.59. The fraction of sp³-hybridized carbons (Fsp3) is 0.118. The second-order valence-electron chi connectivity index (χ2n) is 4.19. The number of pyridine rings is 1. The first-order valence-electron chi connectivity index (χ1n) is 8.67. The summed E-state index contributed by atoms with van der Waals surface area (Å²) in [5, 5.41) is 0.962. The minimum atomic E-state index is -2.38. The molecule has 18 heavy (non-hydrogen) atoms. The molecule has 1 aromatic heterocycles. The van der Waals surface area contributed by atoms with Gasteiger partial charge in [-0.2, -0.15) is 0 Å². The number of hydrogen-bond acceptors (Lipinski definition) is 1. The summed E-state index contributed by atoms with van der Waals surface area (Å²) in [6.45, 7) is -4.76. The number of aryl methyl sites for hydroxylation is 2. The highest BCUT2D eigenvalue weighted by Crippen LogP contribution is 2.23. The summed E-state index contributed by atoms with van der Waals surface area (Å²) in [7, 11) is 0. The lowest BCUT2D eigenvalue weighted by atomic mass is 10.0. The molecular formula is C17H15N. The zero-order valence-electron chi connectivity index (χ0n) is 15.6. The van der Waals surface area contributed by atoms with Crippen LogP contribution < -0.4 is 0 Å². The Bertz CT molecular complexity index is 863. The van der Waals surface area contributed by atoms with Crippen LogP contribution in [-0.2, 0) is 0 Å². The molecule has 0 atom stereocenters. The van der Waals surface area contributed by atoms with Crippen molar-refractivity contribution < 1.29 is 8.22 Å². The number of aromatic nitrogens is 1. The molecule has 0 bridgehead atoms. The lowest BCUT2D eigenvalue weighted by Gasteiger charge is -2.06. The maximum absolute atomic E-state index is 7.59. The average molecular weight is 239 g/mol. The molecule has 0 N–H and O–H groups in total. The molecule has 0 amide bonds. The van der Waals surface area contributed by atoms with Gasteiger partial charge in [0.25, 0.3) is 0 Å². The summed E-state index contributed by atoms with van der Waals surface area (Å²) in [5.41, 5.74) is 1.80. The molecule has 0 spiro atoms. The first-order chi connectivity index (χ1) is 11.1. The third-order valence-electron chi connectivity index (χ3n) is 2.83. The fourth-order valence-corrected chi connectivity index (χ4v) is 2.00. The molecule has 88 valence electrons. The molecule has 0 saturated carbocycles. The molecule has 0 unspecified atom stereocenters. The van der Waals surface area contributed by atoms with Crippen molar-refractivity contribution in [3.63, 3.8) is 0 Å². The normalized spacial score (nSPS) is 17.1. The summed E-state index contributed by atoms with van der Waals surface area (Å²) in [6, 6.07) is 15.4. The van der Waals surface area contributed by atoms with E-state index in [0.29, 0.717) is 11.3 Å². The molecule has 0 fully saturated rings. The Morgan fingerprint density at radius 2 is 1.67 bits per heavy atom. The van der Waals surface area contributed by atoms with E-state index in [-0.39, 0.29) is 11.1 Å². The van der Waals surface area contributed by atoms with Crippen molar-refractivity contribution in [1.82, 2.24) is 4.98 Å². The number of nitrogens with zero attached hydrogens (tertiary/aromatic N) is 1. The van der Waals surface area contributed by atoms with Crippen LogP contribution in [0.4, 0.5) is 0 Å². The summed E-state index contributed by atoms with van der Waals surface area (Å²) in [5.74, 6) is 0. The Hall–Kier alpha value is -2.15. The molecule has 3 aromatic rings. The van der Waals surface area contributed by atoms with Crippen LogP contribution in [0.3, 0.4) is 0 Å². The topological polar surface area (TPSA) is 12.9 Å². The van der Waals surface area contributed by atoms with Gasteiger partial charge in [-0.25, -0.2) is 4.98 Å². The van der Waals surface area contributed by atoms with Gasteiger partial charge >= 0.3 is 0 Å². The largest absolute Gasteiger partial charge is 0.248 e. The van der Waals surface area contributed by atoms with Gasteiger partial charge in [-0.15, -0.1) is 0 Å². The van der Waals surface area contributed by atoms with E-state index in [4.69, 9.17) is 8.22 Å². The first kappa shape index (κ1) is 6.14. The van der Waals surface area contributed by atoms with Crippen molar-refractivity contribution in [3.05, 3.63) is 65.7 Å². The van der Waals surface area contributed by atoms with Crippen molar-refractivity contribution in [3.8, 4) is 11.3 Å². The minimum Gasteiger partial charge on any atom is -0.248 e. The Balaban J connectivity index is 2.21. The number of rotatable bonds is 1. The summed E-state index contributed by atoms with van der Waals surface area (Å²) >= 11 is 0. The lowest BCUT2D eigenvalue weighted by molar-refractivity contribution is 1.34. The van der Waals surface area contributed by atoms with Gasteiger partial charge in [-0.3, -0.25) is 0 Å². The van der Waals surface area contributed by atoms with Gasteiger partial charge in [0.2, 0.25) is 0 Å². The summed E-state index contributed by atoms with van der Waals surface area (Å²) in [6.07, 6.45) is 0. The Morgan fingerprint density at radius 1 is 0.889 bits per heavy atom. The molecule has 1 heteroatoms. The van der Waals surface area contributed by atoms with E-state index in [1.54, 1.807) is 6.07 Å². The van der Waals surface area contributed by atoms with Crippen LogP contribution in [0.15, 0.2) is 54.6 Å². The molecule has 0 aliphatic rings. The van der Waals surface area contributed by atoms with E-state index in [1.807, 2.05) is 30.3 Å². The maximum Gasteiger partial charge on any atom is 0.0709 e. The van der Waals surface area contributed by atoms with Crippen molar-refractivity contribution in [2.45, 2.75) is 13.7 Å². The second-order valence-corrected chi connectivity index (χ2v) is 4.19. The lowest BCUT2D eigenvalue weighted by Crippen LogP contribution is -1.87. The molecule has 0 aliphatic carbocycles. The van der Waals surface area contributed by atoms with Crippen LogP contribution in [0.1, 0.15) is 19.4 Å². The van der Waals surface area contributed by atoms with Crippen LogP contribution in [0.2, 0.25) is 0 Å². The van der Waals surface area contributed by atoms with Crippen LogP contribution in [0, 0.1) is 13.7 Å². The molecule has 2 aromatic carbocycles. The standard InChI is InChI=1S/C17H15N/c1-12-9-13(2)11-15(10-12)17-8-7-14-5-3-4-6-16(14)18-17/h3-11H,1-2H3/i1D3,2D3. The third-order valence-corrected chi connectivity index (χ3v) is 2.83. The van der Waals surface area contributed by atoms with E-state index in [1.165, 1.54) is 18.2 Å². The first-order valence-corrected chi connectivity index (χ1v) is 5.67. The highest BCUT2D eigenvalue weighted by Gasteiger charge is 2.02. The third kappa shape index (κ3) is 2.00. The van der Waals surface area contributed by atoms with E-state index in [0.717, 1.165) is 10.9 Å². The number of hydrogen-bond donors (Lipinski definition) is 0. The van der Waals surface area contributed by atoms with Crippen LogP contribution in [0.5, 0.6) is 0 Å². The van der Waals surface area contributed by atoms with Crippen molar-refractivity contribution >= 4 is 10.9 Å². The SMILES string of the molecule is [2H]C([2H])([2H])c1cc(-c2ccc3ccccc3n2)cc(C([2H])([2H])[2H])c1. The Kier molecular flexibility index (Phi) is 1.46. The van der Waals surface area contributed by atoms with Gasteiger partial charge in [-0.05, 0) is 38.0 Å². The minimum absolute atomic E-state index is 0.00100. The highest BCUT2D eigenvalue weighted by molar-refractivity contribution is 5.81. The predicted molar refractivity (Wildman–Crippen MR) is 76.7 cm³/mol. The fourth-order valence-electron chi connectivity index (χ4n) is 2.00. The van der Waals surface area contributed by atoms with E-state index >= 15 is 0 Å². The van der Waals surface area contributed by atoms with Crippen LogP contribution in [0.25, 0.3) is 22.2 Å². The number of para-hydroxylation sites is 1. The van der Waals surface area contributed by atoms with Gasteiger partial charge < -0.3 is 0 Å². The van der Waals surface area contributed by atoms with E-state index in [9.17, 15) is 0 Å². The monoisotopic (exact) mass is 239 g/mol. The highest BCUT2D eigenvalue weighted by atomic mass is 14.7. The molecule has 0 aliphatic heterocycles. The zero-order chi connectivity index (χ0) is 17.5. The zero-order valence-corrected chi connectivity index (χ0v) is 9.64. The van der Waals surface area contributed by atoms with Crippen LogP contribution >= 0.6 is 0 Å². The molecule has 0 saturated heterocycles. The van der Waals surface area contributed by atoms with Crippen LogP contribution in [-0.4, -0.2) is 4.98 Å². The second kappa shape index (κ2) is 4.26.